The van der Waals surface area contributed by atoms with E-state index in [1.54, 1.807) is 25.7 Å². The molecular weight excluding hydrogens is 729 g/mol. The Morgan fingerprint density at radius 1 is 0.807 bits per heavy atom. The van der Waals surface area contributed by atoms with E-state index in [1.807, 2.05) is 83.1 Å². The van der Waals surface area contributed by atoms with Crippen molar-refractivity contribution in [1.82, 2.24) is 20.9 Å². The Labute approximate surface area is 339 Å². The molecule has 57 heavy (non-hydrogen) atoms. The van der Waals surface area contributed by atoms with Gasteiger partial charge in [-0.2, -0.15) is 0 Å². The molecule has 1 aliphatic heterocycles. The summed E-state index contributed by atoms with van der Waals surface area (Å²) in [6.45, 7) is 17.1. The third kappa shape index (κ3) is 18.3. The molecule has 4 amide bonds. The van der Waals surface area contributed by atoms with Crippen LogP contribution in [0.1, 0.15) is 117 Å². The van der Waals surface area contributed by atoms with E-state index in [0.717, 1.165) is 29.5 Å². The number of alkyl carbamates (subject to hydrolysis) is 1. The van der Waals surface area contributed by atoms with E-state index in [1.165, 1.54) is 0 Å². The molecule has 0 unspecified atom stereocenters. The fraction of sp³-hybridized carbons (Fsp3) is 0.614. The van der Waals surface area contributed by atoms with Crippen LogP contribution < -0.4 is 20.7 Å². The Balaban J connectivity index is 1.62. The van der Waals surface area contributed by atoms with E-state index in [2.05, 4.69) is 16.0 Å². The van der Waals surface area contributed by atoms with Gasteiger partial charge in [-0.05, 0) is 122 Å². The lowest BCUT2D eigenvalue weighted by molar-refractivity contribution is -0.155. The Kier molecular flexibility index (Phi) is 18.6. The Bertz CT molecular complexity index is 1600. The largest absolute Gasteiger partial charge is 0.494 e. The van der Waals surface area contributed by atoms with Crippen molar-refractivity contribution in [1.29, 1.82) is 0 Å². The summed E-state index contributed by atoms with van der Waals surface area (Å²) in [6, 6.07) is 13.6. The SMILES string of the molecule is CCCCOC(=O)N[C@@H](CCCCC(=O)OC(C)(C)C)C(=O)N[C@@H](CCc1ccccc1)C(=O)NCc1cc(OCCC2CN(C(=O)OC(C)(C)C)C2)ccc1C. The highest BCUT2D eigenvalue weighted by atomic mass is 16.6. The van der Waals surface area contributed by atoms with Crippen molar-refractivity contribution in [3.8, 4) is 5.75 Å². The van der Waals surface area contributed by atoms with E-state index in [0.29, 0.717) is 63.5 Å². The van der Waals surface area contributed by atoms with Crippen LogP contribution in [-0.2, 0) is 41.6 Å². The maximum atomic E-state index is 13.8. The van der Waals surface area contributed by atoms with Crippen molar-refractivity contribution in [3.05, 3.63) is 65.2 Å². The second-order valence-corrected chi connectivity index (χ2v) is 16.8. The van der Waals surface area contributed by atoms with Crippen LogP contribution >= 0.6 is 0 Å². The van der Waals surface area contributed by atoms with Gasteiger partial charge in [-0.15, -0.1) is 0 Å². The smallest absolute Gasteiger partial charge is 0.410 e. The Morgan fingerprint density at radius 2 is 1.49 bits per heavy atom. The topological polar surface area (TPSA) is 162 Å². The average molecular weight is 795 g/mol. The van der Waals surface area contributed by atoms with Gasteiger partial charge in [0.25, 0.3) is 0 Å². The summed E-state index contributed by atoms with van der Waals surface area (Å²) >= 11 is 0. The second kappa shape index (κ2) is 22.8. The quantitative estimate of drug-likeness (QED) is 0.0677. The summed E-state index contributed by atoms with van der Waals surface area (Å²) in [4.78, 5) is 66.5. The summed E-state index contributed by atoms with van der Waals surface area (Å²) in [6.07, 6.45) is 3.49. The number of amides is 4. The van der Waals surface area contributed by atoms with Gasteiger partial charge in [-0.1, -0.05) is 56.2 Å². The molecule has 1 heterocycles. The van der Waals surface area contributed by atoms with Crippen molar-refractivity contribution in [3.63, 3.8) is 0 Å². The van der Waals surface area contributed by atoms with Crippen molar-refractivity contribution in [2.24, 2.45) is 5.92 Å². The molecule has 1 aliphatic rings. The van der Waals surface area contributed by atoms with Crippen LogP contribution in [0.4, 0.5) is 9.59 Å². The normalized spacial score (nSPS) is 14.1. The van der Waals surface area contributed by atoms with Gasteiger partial charge >= 0.3 is 18.2 Å². The molecule has 3 N–H and O–H groups in total. The molecule has 0 saturated carbocycles. The predicted octanol–water partition coefficient (Wildman–Crippen LogP) is 7.16. The van der Waals surface area contributed by atoms with Crippen molar-refractivity contribution in [2.75, 3.05) is 26.3 Å². The number of nitrogens with one attached hydrogen (secondary N) is 3. The Morgan fingerprint density at radius 3 is 2.16 bits per heavy atom. The summed E-state index contributed by atoms with van der Waals surface area (Å²) in [5, 5.41) is 8.59. The third-order valence-electron chi connectivity index (χ3n) is 9.26. The molecule has 2 aromatic rings. The van der Waals surface area contributed by atoms with Gasteiger partial charge in [0.1, 0.15) is 29.0 Å². The van der Waals surface area contributed by atoms with Crippen molar-refractivity contribution in [2.45, 2.75) is 143 Å². The third-order valence-corrected chi connectivity index (χ3v) is 9.26. The molecule has 0 aliphatic carbocycles. The first kappa shape index (κ1) is 46.6. The number of rotatable bonds is 21. The average Bonchev–Trinajstić information content (AvgIpc) is 3.11. The molecule has 0 radical (unpaired) electrons. The van der Waals surface area contributed by atoms with Crippen LogP contribution in [0, 0.1) is 12.8 Å². The number of hydrogen-bond acceptors (Lipinski definition) is 9. The van der Waals surface area contributed by atoms with Gasteiger partial charge in [0.15, 0.2) is 0 Å². The fourth-order valence-corrected chi connectivity index (χ4v) is 6.07. The van der Waals surface area contributed by atoms with E-state index in [9.17, 15) is 24.0 Å². The number of benzene rings is 2. The number of ether oxygens (including phenoxy) is 4. The van der Waals surface area contributed by atoms with Gasteiger partial charge in [0, 0.05) is 26.1 Å². The molecule has 13 heteroatoms. The molecule has 2 aromatic carbocycles. The lowest BCUT2D eigenvalue weighted by Gasteiger charge is -2.39. The zero-order chi connectivity index (χ0) is 42.0. The highest BCUT2D eigenvalue weighted by Gasteiger charge is 2.33. The minimum atomic E-state index is -0.985. The number of hydrogen-bond donors (Lipinski definition) is 3. The zero-order valence-electron chi connectivity index (χ0n) is 35.4. The molecule has 0 spiro atoms. The van der Waals surface area contributed by atoms with Gasteiger partial charge < -0.3 is 39.8 Å². The molecule has 3 rings (SSSR count). The molecule has 13 nitrogen and oxygen atoms in total. The number of carbonyl (C=O) groups is 5. The first-order chi connectivity index (χ1) is 26.9. The second-order valence-electron chi connectivity index (χ2n) is 16.8. The molecule has 316 valence electrons. The maximum absolute atomic E-state index is 13.8. The van der Waals surface area contributed by atoms with Gasteiger partial charge in [-0.25, -0.2) is 9.59 Å². The first-order valence-electron chi connectivity index (χ1n) is 20.4. The molecular formula is C44H66N4O9. The maximum Gasteiger partial charge on any atom is 0.410 e. The summed E-state index contributed by atoms with van der Waals surface area (Å²) in [5.74, 6) is -0.196. The van der Waals surface area contributed by atoms with Gasteiger partial charge in [0.2, 0.25) is 11.8 Å². The zero-order valence-corrected chi connectivity index (χ0v) is 35.4. The lowest BCUT2D eigenvalue weighted by atomic mass is 9.97. The number of likely N-dealkylation sites (tertiary alicyclic amines) is 1. The first-order valence-corrected chi connectivity index (χ1v) is 20.4. The molecule has 0 bridgehead atoms. The standard InChI is InChI=1S/C44H66N4O9/c1-9-10-25-55-41(52)47-36(18-14-15-19-38(49)56-43(3,4)5)40(51)46-37(23-21-32-16-12-11-13-17-32)39(50)45-28-34-27-35(22-20-31(34)2)54-26-24-33-29-48(30-33)42(53)57-44(6,7)8/h11-13,16-17,20,22,27,33,36-37H,9-10,14-15,18-19,21,23-26,28-30H2,1-8H3,(H,45,50)(H,46,51)(H,47,52)/t36-,37-/m0/s1. The van der Waals surface area contributed by atoms with E-state index in [-0.39, 0.29) is 44.0 Å². The molecule has 1 saturated heterocycles. The summed E-state index contributed by atoms with van der Waals surface area (Å²) < 4.78 is 22.2. The van der Waals surface area contributed by atoms with Crippen molar-refractivity contribution >= 4 is 30.0 Å². The van der Waals surface area contributed by atoms with Crippen LogP contribution in [0.2, 0.25) is 0 Å². The summed E-state index contributed by atoms with van der Waals surface area (Å²) in [5.41, 5.74) is 1.73. The monoisotopic (exact) mass is 794 g/mol. The molecule has 2 atom stereocenters. The minimum Gasteiger partial charge on any atom is -0.494 e. The number of unbranched alkanes of at least 4 members (excludes halogenated alkanes) is 2. The minimum absolute atomic E-state index is 0.176. The van der Waals surface area contributed by atoms with E-state index < -0.39 is 35.3 Å². The van der Waals surface area contributed by atoms with Crippen LogP contribution in [0.5, 0.6) is 5.75 Å². The van der Waals surface area contributed by atoms with Crippen LogP contribution in [0.25, 0.3) is 0 Å². The van der Waals surface area contributed by atoms with Crippen LogP contribution in [0.15, 0.2) is 48.5 Å². The predicted molar refractivity (Wildman–Crippen MR) is 219 cm³/mol. The van der Waals surface area contributed by atoms with Crippen LogP contribution in [0.3, 0.4) is 0 Å². The van der Waals surface area contributed by atoms with E-state index >= 15 is 0 Å². The number of aryl methyl sites for hydroxylation is 2. The highest BCUT2D eigenvalue weighted by molar-refractivity contribution is 5.91. The van der Waals surface area contributed by atoms with E-state index in [4.69, 9.17) is 18.9 Å². The number of nitrogens with zero attached hydrogens (tertiary/aromatic N) is 1. The highest BCUT2D eigenvalue weighted by Crippen LogP contribution is 2.24. The van der Waals surface area contributed by atoms with Gasteiger partial charge in [0.05, 0.1) is 13.2 Å². The number of carbonyl (C=O) groups excluding carboxylic acids is 5. The van der Waals surface area contributed by atoms with Crippen LogP contribution in [-0.4, -0.2) is 84.5 Å². The van der Waals surface area contributed by atoms with Crippen molar-refractivity contribution < 1.29 is 42.9 Å². The van der Waals surface area contributed by atoms with Gasteiger partial charge in [-0.3, -0.25) is 14.4 Å². The molecule has 1 fully saturated rings. The molecule has 0 aromatic heterocycles. The fourth-order valence-electron chi connectivity index (χ4n) is 6.07. The number of esters is 1. The summed E-state index contributed by atoms with van der Waals surface area (Å²) in [7, 11) is 0. The Hall–Kier alpha value is -4.81. The lowest BCUT2D eigenvalue weighted by Crippen LogP contribution is -2.53.